The van der Waals surface area contributed by atoms with Crippen molar-refractivity contribution in [3.63, 3.8) is 0 Å². The van der Waals surface area contributed by atoms with Crippen LogP contribution in [0.15, 0.2) is 30.5 Å². The predicted molar refractivity (Wildman–Crippen MR) is 59.6 cm³/mol. The highest BCUT2D eigenvalue weighted by molar-refractivity contribution is 5.56. The van der Waals surface area contributed by atoms with E-state index >= 15 is 0 Å². The number of benzene rings is 1. The van der Waals surface area contributed by atoms with E-state index in [1.165, 1.54) is 18.3 Å². The van der Waals surface area contributed by atoms with Crippen molar-refractivity contribution in [2.45, 2.75) is 12.8 Å². The van der Waals surface area contributed by atoms with Gasteiger partial charge in [0.2, 0.25) is 0 Å². The first-order valence-electron chi connectivity index (χ1n) is 5.22. The number of hydrogen-bond acceptors (Lipinski definition) is 2. The SMILES string of the molecule is Cn1c(CO)cnc1-c1ccc(C(F)(F)F)cc1. The van der Waals surface area contributed by atoms with Gasteiger partial charge in [0.05, 0.1) is 24.1 Å². The van der Waals surface area contributed by atoms with Gasteiger partial charge in [0.15, 0.2) is 0 Å². The topological polar surface area (TPSA) is 38.0 Å². The number of imidazole rings is 1. The van der Waals surface area contributed by atoms with Gasteiger partial charge in [-0.1, -0.05) is 12.1 Å². The molecule has 1 aromatic carbocycles. The molecule has 2 rings (SSSR count). The Morgan fingerprint density at radius 2 is 1.83 bits per heavy atom. The van der Waals surface area contributed by atoms with Crippen molar-refractivity contribution in [2.24, 2.45) is 7.05 Å². The fourth-order valence-electron chi connectivity index (χ4n) is 1.67. The van der Waals surface area contributed by atoms with Crippen LogP contribution in [0.5, 0.6) is 0 Å². The molecule has 2 aromatic rings. The van der Waals surface area contributed by atoms with Gasteiger partial charge >= 0.3 is 6.18 Å². The summed E-state index contributed by atoms with van der Waals surface area (Å²) < 4.78 is 38.9. The fraction of sp³-hybridized carbons (Fsp3) is 0.250. The van der Waals surface area contributed by atoms with Crippen LogP contribution in [0.3, 0.4) is 0 Å². The Hall–Kier alpha value is -1.82. The van der Waals surface area contributed by atoms with Gasteiger partial charge in [-0.25, -0.2) is 4.98 Å². The zero-order valence-electron chi connectivity index (χ0n) is 9.57. The van der Waals surface area contributed by atoms with E-state index in [1.807, 2.05) is 0 Å². The molecule has 18 heavy (non-hydrogen) atoms. The molecule has 0 saturated carbocycles. The van der Waals surface area contributed by atoms with Crippen molar-refractivity contribution in [3.05, 3.63) is 41.7 Å². The van der Waals surface area contributed by atoms with E-state index < -0.39 is 11.7 Å². The maximum atomic E-state index is 12.4. The lowest BCUT2D eigenvalue weighted by Gasteiger charge is -2.08. The first kappa shape index (κ1) is 12.6. The van der Waals surface area contributed by atoms with Crippen molar-refractivity contribution in [1.29, 1.82) is 0 Å². The predicted octanol–water partition coefficient (Wildman–Crippen LogP) is 2.60. The molecular weight excluding hydrogens is 245 g/mol. The highest BCUT2D eigenvalue weighted by atomic mass is 19.4. The zero-order valence-corrected chi connectivity index (χ0v) is 9.57. The first-order valence-corrected chi connectivity index (χ1v) is 5.22. The molecule has 0 spiro atoms. The number of nitrogens with zero attached hydrogens (tertiary/aromatic N) is 2. The van der Waals surface area contributed by atoms with E-state index in [1.54, 1.807) is 11.6 Å². The van der Waals surface area contributed by atoms with Gasteiger partial charge in [0.25, 0.3) is 0 Å². The second-order valence-corrected chi connectivity index (χ2v) is 3.87. The smallest absolute Gasteiger partial charge is 0.390 e. The summed E-state index contributed by atoms with van der Waals surface area (Å²) >= 11 is 0. The molecule has 0 saturated heterocycles. The summed E-state index contributed by atoms with van der Waals surface area (Å²) in [7, 11) is 1.70. The third-order valence-corrected chi connectivity index (χ3v) is 2.72. The number of hydrogen-bond donors (Lipinski definition) is 1. The van der Waals surface area contributed by atoms with E-state index in [0.717, 1.165) is 12.1 Å². The Morgan fingerprint density at radius 3 is 2.28 bits per heavy atom. The van der Waals surface area contributed by atoms with Crippen LogP contribution in [0, 0.1) is 0 Å². The lowest BCUT2D eigenvalue weighted by atomic mass is 10.1. The molecule has 0 aliphatic rings. The second kappa shape index (κ2) is 4.45. The molecule has 1 aromatic heterocycles. The van der Waals surface area contributed by atoms with Crippen LogP contribution >= 0.6 is 0 Å². The van der Waals surface area contributed by atoms with Gasteiger partial charge in [0, 0.05) is 12.6 Å². The van der Waals surface area contributed by atoms with Gasteiger partial charge in [-0.3, -0.25) is 0 Å². The molecule has 0 aliphatic carbocycles. The molecule has 1 N–H and O–H groups in total. The molecule has 0 bridgehead atoms. The summed E-state index contributed by atoms with van der Waals surface area (Å²) in [6.07, 6.45) is -2.84. The standard InChI is InChI=1S/C12H11F3N2O/c1-17-10(7-18)6-16-11(17)8-2-4-9(5-3-8)12(13,14)15/h2-6,18H,7H2,1H3. The van der Waals surface area contributed by atoms with Crippen molar-refractivity contribution < 1.29 is 18.3 Å². The highest BCUT2D eigenvalue weighted by Gasteiger charge is 2.30. The maximum Gasteiger partial charge on any atom is 0.416 e. The normalized spacial score (nSPS) is 11.8. The molecule has 0 amide bonds. The minimum absolute atomic E-state index is 0.163. The molecule has 0 atom stereocenters. The molecule has 0 unspecified atom stereocenters. The van der Waals surface area contributed by atoms with Crippen molar-refractivity contribution in [1.82, 2.24) is 9.55 Å². The van der Waals surface area contributed by atoms with Gasteiger partial charge < -0.3 is 9.67 Å². The van der Waals surface area contributed by atoms with Crippen LogP contribution in [0.2, 0.25) is 0 Å². The van der Waals surface area contributed by atoms with Crippen molar-refractivity contribution >= 4 is 0 Å². The average molecular weight is 256 g/mol. The quantitative estimate of drug-likeness (QED) is 0.896. The number of rotatable bonds is 2. The monoisotopic (exact) mass is 256 g/mol. The molecule has 0 radical (unpaired) electrons. The number of aliphatic hydroxyl groups is 1. The summed E-state index contributed by atoms with van der Waals surface area (Å²) in [6.45, 7) is -0.163. The van der Waals surface area contributed by atoms with Crippen LogP contribution in [0.4, 0.5) is 13.2 Å². The molecule has 0 fully saturated rings. The van der Waals surface area contributed by atoms with E-state index in [4.69, 9.17) is 5.11 Å². The van der Waals surface area contributed by atoms with E-state index in [9.17, 15) is 13.2 Å². The summed E-state index contributed by atoms with van der Waals surface area (Å²) in [5.41, 5.74) is 0.484. The number of aromatic nitrogens is 2. The highest BCUT2D eigenvalue weighted by Crippen LogP contribution is 2.30. The van der Waals surface area contributed by atoms with Crippen LogP contribution in [0.1, 0.15) is 11.3 Å². The third kappa shape index (κ3) is 2.24. The Balaban J connectivity index is 2.37. The number of halogens is 3. The van der Waals surface area contributed by atoms with Crippen LogP contribution in [-0.2, 0) is 19.8 Å². The largest absolute Gasteiger partial charge is 0.416 e. The molecule has 1 heterocycles. The molecule has 6 heteroatoms. The summed E-state index contributed by atoms with van der Waals surface area (Å²) in [4.78, 5) is 4.07. The molecule has 96 valence electrons. The fourth-order valence-corrected chi connectivity index (χ4v) is 1.67. The minimum atomic E-state index is -4.34. The Kier molecular flexibility index (Phi) is 3.13. The third-order valence-electron chi connectivity index (χ3n) is 2.72. The number of alkyl halides is 3. The van der Waals surface area contributed by atoms with Gasteiger partial charge in [-0.2, -0.15) is 13.2 Å². The van der Waals surface area contributed by atoms with Crippen LogP contribution in [0.25, 0.3) is 11.4 Å². The van der Waals surface area contributed by atoms with Gasteiger partial charge in [-0.15, -0.1) is 0 Å². The average Bonchev–Trinajstić information content (AvgIpc) is 2.69. The van der Waals surface area contributed by atoms with E-state index in [-0.39, 0.29) is 6.61 Å². The Bertz CT molecular complexity index is 543. The zero-order chi connectivity index (χ0) is 13.3. The van der Waals surface area contributed by atoms with Gasteiger partial charge in [-0.05, 0) is 12.1 Å². The lowest BCUT2D eigenvalue weighted by Crippen LogP contribution is -2.04. The minimum Gasteiger partial charge on any atom is -0.390 e. The molecule has 3 nitrogen and oxygen atoms in total. The maximum absolute atomic E-state index is 12.4. The van der Waals surface area contributed by atoms with Crippen molar-refractivity contribution in [2.75, 3.05) is 0 Å². The Morgan fingerprint density at radius 1 is 1.22 bits per heavy atom. The second-order valence-electron chi connectivity index (χ2n) is 3.87. The van der Waals surface area contributed by atoms with Crippen LogP contribution in [-0.4, -0.2) is 14.7 Å². The Labute approximate surface area is 102 Å². The van der Waals surface area contributed by atoms with E-state index in [2.05, 4.69) is 4.98 Å². The van der Waals surface area contributed by atoms with Crippen LogP contribution < -0.4 is 0 Å². The summed E-state index contributed by atoms with van der Waals surface area (Å²) in [6, 6.07) is 4.77. The van der Waals surface area contributed by atoms with E-state index in [0.29, 0.717) is 17.1 Å². The lowest BCUT2D eigenvalue weighted by molar-refractivity contribution is -0.137. The molecular formula is C12H11F3N2O. The number of aliphatic hydroxyl groups excluding tert-OH is 1. The van der Waals surface area contributed by atoms with Gasteiger partial charge in [0.1, 0.15) is 5.82 Å². The van der Waals surface area contributed by atoms with Crippen molar-refractivity contribution in [3.8, 4) is 11.4 Å². The summed E-state index contributed by atoms with van der Waals surface area (Å²) in [5, 5.41) is 9.02. The first-order chi connectivity index (χ1) is 8.43. The molecule has 0 aliphatic heterocycles. The summed E-state index contributed by atoms with van der Waals surface area (Å²) in [5.74, 6) is 0.521.